The monoisotopic (exact) mass is 280 g/mol. The highest BCUT2D eigenvalue weighted by Gasteiger charge is 2.29. The molecule has 0 aromatic heterocycles. The summed E-state index contributed by atoms with van der Waals surface area (Å²) in [4.78, 5) is 2.21. The van der Waals surface area contributed by atoms with Gasteiger partial charge >= 0.3 is 0 Å². The number of hydrogen-bond acceptors (Lipinski definition) is 3. The summed E-state index contributed by atoms with van der Waals surface area (Å²) >= 11 is 0. The summed E-state index contributed by atoms with van der Waals surface area (Å²) in [5.41, 5.74) is 7.51. The second kappa shape index (κ2) is 6.10. The highest BCUT2D eigenvalue weighted by atomic mass is 19.1. The first-order chi connectivity index (χ1) is 9.43. The maximum atomic E-state index is 14.2. The first-order valence-corrected chi connectivity index (χ1v) is 7.35. The fourth-order valence-corrected chi connectivity index (χ4v) is 2.67. The summed E-state index contributed by atoms with van der Waals surface area (Å²) in [5.74, 6) is -0.157. The van der Waals surface area contributed by atoms with E-state index in [0.717, 1.165) is 30.8 Å². The molecule has 0 saturated carbocycles. The molecule has 0 radical (unpaired) electrons. The van der Waals surface area contributed by atoms with E-state index in [1.165, 1.54) is 6.07 Å². The average molecular weight is 280 g/mol. The summed E-state index contributed by atoms with van der Waals surface area (Å²) in [6, 6.07) is 5.28. The molecule has 1 heterocycles. The van der Waals surface area contributed by atoms with E-state index in [1.807, 2.05) is 13.0 Å². The summed E-state index contributed by atoms with van der Waals surface area (Å²) in [7, 11) is 0. The smallest absolute Gasteiger partial charge is 0.128 e. The van der Waals surface area contributed by atoms with Crippen LogP contribution >= 0.6 is 0 Å². The maximum Gasteiger partial charge on any atom is 0.128 e. The predicted molar refractivity (Wildman–Crippen MR) is 80.6 cm³/mol. The molecule has 20 heavy (non-hydrogen) atoms. The fraction of sp³-hybridized carbons (Fsp3) is 0.625. The van der Waals surface area contributed by atoms with Gasteiger partial charge in [-0.15, -0.1) is 0 Å². The van der Waals surface area contributed by atoms with Gasteiger partial charge in [0.25, 0.3) is 0 Å². The van der Waals surface area contributed by atoms with E-state index in [9.17, 15) is 4.39 Å². The highest BCUT2D eigenvalue weighted by molar-refractivity contribution is 5.55. The minimum atomic E-state index is -0.200. The molecule has 2 N–H and O–H groups in total. The summed E-state index contributed by atoms with van der Waals surface area (Å²) in [5, 5.41) is 0. The summed E-state index contributed by atoms with van der Waals surface area (Å²) in [6.45, 7) is 8.39. The van der Waals surface area contributed by atoms with E-state index in [4.69, 9.17) is 10.5 Å². The average Bonchev–Trinajstić information content (AvgIpc) is 2.39. The lowest BCUT2D eigenvalue weighted by Gasteiger charge is -2.40. The van der Waals surface area contributed by atoms with Gasteiger partial charge in [-0.05, 0) is 38.8 Å². The number of benzene rings is 1. The number of nitrogens with zero attached hydrogens (tertiary/aromatic N) is 1. The zero-order chi connectivity index (χ0) is 14.8. The van der Waals surface area contributed by atoms with Crippen molar-refractivity contribution in [2.45, 2.75) is 45.3 Å². The van der Waals surface area contributed by atoms with Crippen LogP contribution in [0, 0.1) is 5.82 Å². The Balaban J connectivity index is 2.28. The molecule has 1 fully saturated rings. The standard InChI is InChI=1S/C16H25FN2O/c1-4-12(18)10-13-14(17)6-5-7-15(13)19-8-9-20-16(2,3)11-19/h5-7,12H,4,8-11,18H2,1-3H3. The first-order valence-electron chi connectivity index (χ1n) is 7.35. The number of nitrogens with two attached hydrogens (primary N) is 1. The Morgan fingerprint density at radius 1 is 1.45 bits per heavy atom. The first kappa shape index (κ1) is 15.3. The minimum Gasteiger partial charge on any atom is -0.372 e. The Morgan fingerprint density at radius 3 is 2.85 bits per heavy atom. The molecule has 0 spiro atoms. The van der Waals surface area contributed by atoms with E-state index in [0.29, 0.717) is 13.0 Å². The lowest BCUT2D eigenvalue weighted by Crippen LogP contribution is -2.48. The van der Waals surface area contributed by atoms with Gasteiger partial charge in [0.1, 0.15) is 5.82 Å². The molecule has 3 nitrogen and oxygen atoms in total. The van der Waals surface area contributed by atoms with Crippen molar-refractivity contribution in [3.8, 4) is 0 Å². The Kier molecular flexibility index (Phi) is 4.66. The molecular weight excluding hydrogens is 255 g/mol. The van der Waals surface area contributed by atoms with Crippen molar-refractivity contribution in [2.24, 2.45) is 5.73 Å². The van der Waals surface area contributed by atoms with Crippen molar-refractivity contribution < 1.29 is 9.13 Å². The Hall–Kier alpha value is -1.13. The van der Waals surface area contributed by atoms with E-state index in [1.54, 1.807) is 6.07 Å². The minimum absolute atomic E-state index is 0.000277. The largest absolute Gasteiger partial charge is 0.372 e. The molecule has 1 aliphatic heterocycles. The van der Waals surface area contributed by atoms with E-state index >= 15 is 0 Å². The summed E-state index contributed by atoms with van der Waals surface area (Å²) < 4.78 is 19.9. The van der Waals surface area contributed by atoms with Gasteiger partial charge in [0.05, 0.1) is 12.2 Å². The molecule has 4 heteroatoms. The topological polar surface area (TPSA) is 38.5 Å². The highest BCUT2D eigenvalue weighted by Crippen LogP contribution is 2.28. The van der Waals surface area contributed by atoms with Gasteiger partial charge in [-0.1, -0.05) is 13.0 Å². The zero-order valence-electron chi connectivity index (χ0n) is 12.7. The molecule has 1 atom stereocenters. The second-order valence-corrected chi connectivity index (χ2v) is 6.14. The van der Waals surface area contributed by atoms with E-state index < -0.39 is 0 Å². The van der Waals surface area contributed by atoms with E-state index in [2.05, 4.69) is 18.7 Å². The molecule has 1 aromatic carbocycles. The van der Waals surface area contributed by atoms with Crippen LogP contribution in [-0.2, 0) is 11.2 Å². The SMILES string of the molecule is CCC(N)Cc1c(F)cccc1N1CCOC(C)(C)C1. The van der Waals surface area contributed by atoms with Crippen LogP contribution in [0.3, 0.4) is 0 Å². The van der Waals surface area contributed by atoms with Crippen LogP contribution in [0.1, 0.15) is 32.8 Å². The number of morpholine rings is 1. The molecule has 1 aliphatic rings. The Morgan fingerprint density at radius 2 is 2.20 bits per heavy atom. The van der Waals surface area contributed by atoms with Gasteiger partial charge < -0.3 is 15.4 Å². The van der Waals surface area contributed by atoms with Crippen molar-refractivity contribution >= 4 is 5.69 Å². The lowest BCUT2D eigenvalue weighted by atomic mass is 9.99. The normalized spacial score (nSPS) is 19.9. The molecule has 0 amide bonds. The molecule has 1 aromatic rings. The zero-order valence-corrected chi connectivity index (χ0v) is 12.7. The number of hydrogen-bond donors (Lipinski definition) is 1. The van der Waals surface area contributed by atoms with Crippen LogP contribution < -0.4 is 10.6 Å². The molecule has 112 valence electrons. The third kappa shape index (κ3) is 3.49. The van der Waals surface area contributed by atoms with Gasteiger partial charge in [-0.3, -0.25) is 0 Å². The number of anilines is 1. The van der Waals surface area contributed by atoms with Crippen molar-refractivity contribution in [1.29, 1.82) is 0 Å². The number of ether oxygens (including phenoxy) is 1. The maximum absolute atomic E-state index is 14.2. The van der Waals surface area contributed by atoms with Crippen LogP contribution in [0.15, 0.2) is 18.2 Å². The van der Waals surface area contributed by atoms with Crippen molar-refractivity contribution in [2.75, 3.05) is 24.6 Å². The van der Waals surface area contributed by atoms with Crippen LogP contribution in [0.5, 0.6) is 0 Å². The second-order valence-electron chi connectivity index (χ2n) is 6.14. The van der Waals surface area contributed by atoms with Gasteiger partial charge in [-0.2, -0.15) is 0 Å². The van der Waals surface area contributed by atoms with Crippen LogP contribution in [0.2, 0.25) is 0 Å². The van der Waals surface area contributed by atoms with Gasteiger partial charge in [0, 0.05) is 30.4 Å². The molecule has 0 aliphatic carbocycles. The third-order valence-corrected chi connectivity index (χ3v) is 3.85. The molecule has 2 rings (SSSR count). The van der Waals surface area contributed by atoms with Crippen molar-refractivity contribution in [3.63, 3.8) is 0 Å². The fourth-order valence-electron chi connectivity index (χ4n) is 2.67. The van der Waals surface area contributed by atoms with Crippen LogP contribution in [-0.4, -0.2) is 31.3 Å². The number of rotatable bonds is 4. The van der Waals surface area contributed by atoms with Crippen LogP contribution in [0.25, 0.3) is 0 Å². The molecule has 0 bridgehead atoms. The lowest BCUT2D eigenvalue weighted by molar-refractivity contribution is -0.0277. The number of halogens is 1. The van der Waals surface area contributed by atoms with Gasteiger partial charge in [0.15, 0.2) is 0 Å². The van der Waals surface area contributed by atoms with Crippen LogP contribution in [0.4, 0.5) is 10.1 Å². The quantitative estimate of drug-likeness (QED) is 0.921. The van der Waals surface area contributed by atoms with Gasteiger partial charge in [0.2, 0.25) is 0 Å². The third-order valence-electron chi connectivity index (χ3n) is 3.85. The Bertz CT molecular complexity index is 462. The summed E-state index contributed by atoms with van der Waals surface area (Å²) in [6.07, 6.45) is 1.43. The molecular formula is C16H25FN2O. The van der Waals surface area contributed by atoms with Crippen molar-refractivity contribution in [3.05, 3.63) is 29.6 Å². The van der Waals surface area contributed by atoms with E-state index in [-0.39, 0.29) is 17.5 Å². The Labute approximate surface area is 120 Å². The molecule has 1 saturated heterocycles. The molecule has 1 unspecified atom stereocenters. The van der Waals surface area contributed by atoms with Gasteiger partial charge in [-0.25, -0.2) is 4.39 Å². The predicted octanol–water partition coefficient (Wildman–Crippen LogP) is 2.72. The van der Waals surface area contributed by atoms with Crippen molar-refractivity contribution in [1.82, 2.24) is 0 Å².